The Labute approximate surface area is 205 Å². The van der Waals surface area contributed by atoms with E-state index < -0.39 is 22.5 Å². The molecule has 0 bridgehead atoms. The van der Waals surface area contributed by atoms with Crippen LogP contribution in [0.4, 0.5) is 5.69 Å². The molecular formula is C25H28N2O7S. The van der Waals surface area contributed by atoms with Crippen molar-refractivity contribution in [3.8, 4) is 23.0 Å². The Morgan fingerprint density at radius 3 is 2.23 bits per heavy atom. The fraction of sp³-hybridized carbons (Fsp3) is 0.240. The van der Waals surface area contributed by atoms with Crippen molar-refractivity contribution >= 4 is 21.6 Å². The smallest absolute Gasteiger partial charge is 0.264 e. The van der Waals surface area contributed by atoms with Gasteiger partial charge in [-0.3, -0.25) is 9.10 Å². The number of carbonyl (C=O) groups excluding carboxylic acids is 1. The number of anilines is 1. The van der Waals surface area contributed by atoms with Gasteiger partial charge in [-0.05, 0) is 36.4 Å². The van der Waals surface area contributed by atoms with Crippen LogP contribution in [-0.2, 0) is 14.8 Å². The van der Waals surface area contributed by atoms with E-state index in [-0.39, 0.29) is 23.8 Å². The van der Waals surface area contributed by atoms with Gasteiger partial charge < -0.3 is 24.3 Å². The van der Waals surface area contributed by atoms with Crippen LogP contribution in [0, 0.1) is 0 Å². The van der Waals surface area contributed by atoms with E-state index >= 15 is 0 Å². The van der Waals surface area contributed by atoms with Crippen molar-refractivity contribution < 1.29 is 32.2 Å². The third-order valence-electron chi connectivity index (χ3n) is 5.01. The molecule has 0 heterocycles. The van der Waals surface area contributed by atoms with Crippen LogP contribution >= 0.6 is 0 Å². The van der Waals surface area contributed by atoms with E-state index in [0.717, 1.165) is 4.31 Å². The summed E-state index contributed by atoms with van der Waals surface area (Å²) in [5.41, 5.74) is 0.352. The minimum absolute atomic E-state index is 0.0341. The van der Waals surface area contributed by atoms with Crippen LogP contribution in [0.15, 0.2) is 77.7 Å². The Morgan fingerprint density at radius 1 is 0.829 bits per heavy atom. The molecule has 0 fully saturated rings. The molecule has 0 unspecified atom stereocenters. The lowest BCUT2D eigenvalue weighted by molar-refractivity contribution is -0.119. The minimum Gasteiger partial charge on any atom is -0.497 e. The normalized spacial score (nSPS) is 10.8. The Bertz CT molecular complexity index is 1230. The summed E-state index contributed by atoms with van der Waals surface area (Å²) in [6.45, 7) is -0.0262. The molecule has 0 aliphatic heterocycles. The van der Waals surface area contributed by atoms with Crippen molar-refractivity contribution in [1.29, 1.82) is 0 Å². The summed E-state index contributed by atoms with van der Waals surface area (Å²) in [7, 11) is 0.351. The van der Waals surface area contributed by atoms with E-state index in [2.05, 4.69) is 5.32 Å². The van der Waals surface area contributed by atoms with Crippen LogP contribution in [0.25, 0.3) is 0 Å². The summed E-state index contributed by atoms with van der Waals surface area (Å²) >= 11 is 0. The Balaban J connectivity index is 1.72. The van der Waals surface area contributed by atoms with E-state index in [9.17, 15) is 13.2 Å². The van der Waals surface area contributed by atoms with Gasteiger partial charge in [-0.2, -0.15) is 0 Å². The zero-order valence-corrected chi connectivity index (χ0v) is 20.6. The third kappa shape index (κ3) is 6.57. The molecule has 3 aromatic rings. The number of hydrogen-bond donors (Lipinski definition) is 1. The van der Waals surface area contributed by atoms with E-state index in [1.165, 1.54) is 32.4 Å². The predicted molar refractivity (Wildman–Crippen MR) is 132 cm³/mol. The van der Waals surface area contributed by atoms with Gasteiger partial charge >= 0.3 is 0 Å². The fourth-order valence-electron chi connectivity index (χ4n) is 3.25. The van der Waals surface area contributed by atoms with Crippen molar-refractivity contribution in [3.63, 3.8) is 0 Å². The minimum atomic E-state index is -4.10. The van der Waals surface area contributed by atoms with Gasteiger partial charge in [0.05, 0.1) is 38.5 Å². The number of rotatable bonds is 12. The van der Waals surface area contributed by atoms with Gasteiger partial charge in [0.2, 0.25) is 5.91 Å². The van der Waals surface area contributed by atoms with Gasteiger partial charge in [-0.15, -0.1) is 0 Å². The van der Waals surface area contributed by atoms with Gasteiger partial charge in [0.25, 0.3) is 10.0 Å². The van der Waals surface area contributed by atoms with Gasteiger partial charge in [0, 0.05) is 12.1 Å². The Hall–Kier alpha value is -3.92. The number of amides is 1. The van der Waals surface area contributed by atoms with Crippen molar-refractivity contribution in [2.75, 3.05) is 45.3 Å². The standard InChI is InChI=1S/C25H28N2O7S/c1-31-20-10-7-11-21(16-20)34-15-14-26-25(28)18-27(19-8-5-4-6-9-19)35(29,30)22-12-13-23(32-2)24(17-22)33-3/h4-13,16-17H,14-15,18H2,1-3H3,(H,26,28). The number of ether oxygens (including phenoxy) is 4. The average molecular weight is 501 g/mol. The quantitative estimate of drug-likeness (QED) is 0.381. The first-order valence-corrected chi connectivity index (χ1v) is 12.2. The maximum absolute atomic E-state index is 13.5. The number of nitrogens with one attached hydrogen (secondary N) is 1. The van der Waals surface area contributed by atoms with Crippen molar-refractivity contribution in [2.45, 2.75) is 4.90 Å². The monoisotopic (exact) mass is 500 g/mol. The number of para-hydroxylation sites is 1. The van der Waals surface area contributed by atoms with Crippen molar-refractivity contribution in [2.24, 2.45) is 0 Å². The molecule has 35 heavy (non-hydrogen) atoms. The molecule has 0 atom stereocenters. The summed E-state index contributed by atoms with van der Waals surface area (Å²) in [5.74, 6) is 1.44. The van der Waals surface area contributed by atoms with E-state index in [1.54, 1.807) is 61.7 Å². The van der Waals surface area contributed by atoms with Crippen LogP contribution in [0.5, 0.6) is 23.0 Å². The molecule has 0 aliphatic rings. The van der Waals surface area contributed by atoms with E-state index in [1.807, 2.05) is 0 Å². The predicted octanol–water partition coefficient (Wildman–Crippen LogP) is 3.10. The van der Waals surface area contributed by atoms with Crippen molar-refractivity contribution in [3.05, 3.63) is 72.8 Å². The second-order valence-electron chi connectivity index (χ2n) is 7.24. The topological polar surface area (TPSA) is 103 Å². The van der Waals surface area contributed by atoms with Gasteiger partial charge in [-0.25, -0.2) is 8.42 Å². The number of carbonyl (C=O) groups is 1. The Kier molecular flexibility index (Phi) is 8.80. The highest BCUT2D eigenvalue weighted by Crippen LogP contribution is 2.32. The lowest BCUT2D eigenvalue weighted by Gasteiger charge is -2.24. The first-order valence-electron chi connectivity index (χ1n) is 10.7. The number of hydrogen-bond acceptors (Lipinski definition) is 7. The highest BCUT2D eigenvalue weighted by molar-refractivity contribution is 7.92. The molecule has 186 valence electrons. The van der Waals surface area contributed by atoms with E-state index in [4.69, 9.17) is 18.9 Å². The number of benzene rings is 3. The maximum Gasteiger partial charge on any atom is 0.264 e. The summed E-state index contributed by atoms with van der Waals surface area (Å²) < 4.78 is 49.3. The molecule has 9 nitrogen and oxygen atoms in total. The third-order valence-corrected chi connectivity index (χ3v) is 6.78. The summed E-state index contributed by atoms with van der Waals surface area (Å²) in [6, 6.07) is 19.8. The van der Waals surface area contributed by atoms with Crippen LogP contribution in [0.2, 0.25) is 0 Å². The Morgan fingerprint density at radius 2 is 1.54 bits per heavy atom. The molecule has 1 amide bonds. The zero-order valence-electron chi connectivity index (χ0n) is 19.8. The van der Waals surface area contributed by atoms with Gasteiger partial charge in [-0.1, -0.05) is 24.3 Å². The average Bonchev–Trinajstić information content (AvgIpc) is 2.89. The molecule has 3 rings (SSSR count). The molecule has 1 N–H and O–H groups in total. The van der Waals surface area contributed by atoms with Crippen LogP contribution in [0.1, 0.15) is 0 Å². The summed E-state index contributed by atoms with van der Waals surface area (Å²) in [6.07, 6.45) is 0. The molecule has 0 aliphatic carbocycles. The lowest BCUT2D eigenvalue weighted by atomic mass is 10.3. The maximum atomic E-state index is 13.5. The van der Waals surface area contributed by atoms with Crippen LogP contribution in [-0.4, -0.2) is 55.4 Å². The largest absolute Gasteiger partial charge is 0.497 e. The zero-order chi connectivity index (χ0) is 25.3. The highest BCUT2D eigenvalue weighted by atomic mass is 32.2. The molecule has 0 radical (unpaired) electrons. The number of sulfonamides is 1. The van der Waals surface area contributed by atoms with Gasteiger partial charge in [0.15, 0.2) is 11.5 Å². The second-order valence-corrected chi connectivity index (χ2v) is 9.10. The van der Waals surface area contributed by atoms with E-state index in [0.29, 0.717) is 22.9 Å². The van der Waals surface area contributed by atoms with Crippen LogP contribution < -0.4 is 28.6 Å². The molecule has 3 aromatic carbocycles. The number of nitrogens with zero attached hydrogens (tertiary/aromatic N) is 1. The lowest BCUT2D eigenvalue weighted by Crippen LogP contribution is -2.41. The van der Waals surface area contributed by atoms with Crippen LogP contribution in [0.3, 0.4) is 0 Å². The number of methoxy groups -OCH3 is 3. The first-order chi connectivity index (χ1) is 16.9. The SMILES string of the molecule is COc1cccc(OCCNC(=O)CN(c2ccccc2)S(=O)(=O)c2ccc(OC)c(OC)c2)c1. The molecule has 0 aromatic heterocycles. The summed E-state index contributed by atoms with van der Waals surface area (Å²) in [5, 5.41) is 2.70. The second kappa shape index (κ2) is 12.0. The molecular weight excluding hydrogens is 472 g/mol. The van der Waals surface area contributed by atoms with Crippen molar-refractivity contribution in [1.82, 2.24) is 5.32 Å². The highest BCUT2D eigenvalue weighted by Gasteiger charge is 2.28. The molecule has 10 heteroatoms. The molecule has 0 spiro atoms. The molecule has 0 saturated heterocycles. The fourth-order valence-corrected chi connectivity index (χ4v) is 4.69. The first kappa shape index (κ1) is 25.7. The summed E-state index contributed by atoms with van der Waals surface area (Å²) in [4.78, 5) is 12.7. The van der Waals surface area contributed by atoms with Gasteiger partial charge in [0.1, 0.15) is 24.7 Å². The molecule has 0 saturated carbocycles.